The Morgan fingerprint density at radius 1 is 1.47 bits per heavy atom. The maximum absolute atomic E-state index is 13.1. The third kappa shape index (κ3) is 2.24. The molecule has 0 saturated carbocycles. The summed E-state index contributed by atoms with van der Waals surface area (Å²) in [7, 11) is -3.61. The molecule has 0 fully saturated rings. The molecule has 0 bridgehead atoms. The van der Waals surface area contributed by atoms with Crippen LogP contribution in [0.15, 0.2) is 17.0 Å². The van der Waals surface area contributed by atoms with Gasteiger partial charge in [0.1, 0.15) is 0 Å². The van der Waals surface area contributed by atoms with Crippen molar-refractivity contribution in [2.45, 2.75) is 4.90 Å². The van der Waals surface area contributed by atoms with Gasteiger partial charge >= 0.3 is 5.97 Å². The summed E-state index contributed by atoms with van der Waals surface area (Å²) in [4.78, 5) is 10.2. The third-order valence-electron chi connectivity index (χ3n) is 1.73. The molecule has 0 aliphatic rings. The number of hydrogen-bond acceptors (Lipinski definition) is 4. The first-order chi connectivity index (χ1) is 6.73. The second-order valence-electron chi connectivity index (χ2n) is 2.95. The number of rotatable bonds is 2. The van der Waals surface area contributed by atoms with E-state index in [4.69, 9.17) is 10.8 Å². The second-order valence-corrected chi connectivity index (χ2v) is 4.97. The third-order valence-corrected chi connectivity index (χ3v) is 2.82. The first-order valence-electron chi connectivity index (χ1n) is 3.76. The Hall–Kier alpha value is -1.63. The number of nitrogens with two attached hydrogens (primary N) is 1. The van der Waals surface area contributed by atoms with Crippen LogP contribution in [0, 0.1) is 5.82 Å². The molecule has 15 heavy (non-hydrogen) atoms. The van der Waals surface area contributed by atoms with E-state index in [0.717, 1.165) is 18.4 Å². The van der Waals surface area contributed by atoms with Crippen LogP contribution in [0.2, 0.25) is 0 Å². The number of carbonyl (C=O) groups is 1. The molecule has 0 saturated heterocycles. The van der Waals surface area contributed by atoms with Crippen molar-refractivity contribution in [3.63, 3.8) is 0 Å². The lowest BCUT2D eigenvalue weighted by Gasteiger charge is -2.04. The summed E-state index contributed by atoms with van der Waals surface area (Å²) < 4.78 is 35.3. The minimum atomic E-state index is -3.61. The minimum Gasteiger partial charge on any atom is -0.478 e. The molecule has 82 valence electrons. The predicted octanol–water partition coefficient (Wildman–Crippen LogP) is 0.510. The van der Waals surface area contributed by atoms with Crippen LogP contribution < -0.4 is 5.73 Å². The molecular formula is C8H8FNO4S. The topological polar surface area (TPSA) is 97.5 Å². The van der Waals surface area contributed by atoms with E-state index in [9.17, 15) is 17.6 Å². The minimum absolute atomic E-state index is 0.321. The molecule has 5 nitrogen and oxygen atoms in total. The highest BCUT2D eigenvalue weighted by molar-refractivity contribution is 7.90. The van der Waals surface area contributed by atoms with Crippen molar-refractivity contribution in [2.24, 2.45) is 0 Å². The summed E-state index contributed by atoms with van der Waals surface area (Å²) in [6.45, 7) is 0. The van der Waals surface area contributed by atoms with Crippen molar-refractivity contribution >= 4 is 21.5 Å². The van der Waals surface area contributed by atoms with Gasteiger partial charge in [-0.3, -0.25) is 0 Å². The van der Waals surface area contributed by atoms with Crippen LogP contribution in [-0.4, -0.2) is 25.7 Å². The zero-order valence-corrected chi connectivity index (χ0v) is 8.51. The van der Waals surface area contributed by atoms with Crippen molar-refractivity contribution in [1.82, 2.24) is 0 Å². The van der Waals surface area contributed by atoms with Gasteiger partial charge in [0, 0.05) is 6.26 Å². The molecule has 0 unspecified atom stereocenters. The maximum Gasteiger partial charge on any atom is 0.338 e. The summed E-state index contributed by atoms with van der Waals surface area (Å²) in [6.07, 6.45) is 0.880. The van der Waals surface area contributed by atoms with Crippen LogP contribution in [0.4, 0.5) is 10.1 Å². The number of hydrogen-bond donors (Lipinski definition) is 2. The van der Waals surface area contributed by atoms with Gasteiger partial charge in [0.05, 0.1) is 16.1 Å². The van der Waals surface area contributed by atoms with Gasteiger partial charge in [-0.1, -0.05) is 0 Å². The highest BCUT2D eigenvalue weighted by Gasteiger charge is 2.18. The Morgan fingerprint density at radius 3 is 2.40 bits per heavy atom. The molecule has 0 aliphatic carbocycles. The van der Waals surface area contributed by atoms with E-state index in [0.29, 0.717) is 0 Å². The van der Waals surface area contributed by atoms with Crippen LogP contribution in [-0.2, 0) is 9.84 Å². The summed E-state index contributed by atoms with van der Waals surface area (Å²) in [5.74, 6) is -2.69. The van der Waals surface area contributed by atoms with Gasteiger partial charge < -0.3 is 10.8 Å². The van der Waals surface area contributed by atoms with E-state index in [-0.39, 0.29) is 4.90 Å². The Morgan fingerprint density at radius 2 is 2.00 bits per heavy atom. The normalized spacial score (nSPS) is 11.3. The highest BCUT2D eigenvalue weighted by Crippen LogP contribution is 2.21. The molecule has 1 aromatic rings. The Labute approximate surface area is 85.2 Å². The molecule has 0 spiro atoms. The molecule has 0 radical (unpaired) electrons. The van der Waals surface area contributed by atoms with Gasteiger partial charge in [-0.05, 0) is 12.1 Å². The lowest BCUT2D eigenvalue weighted by Crippen LogP contribution is -2.08. The molecular weight excluding hydrogens is 225 g/mol. The van der Waals surface area contributed by atoms with E-state index < -0.39 is 32.9 Å². The standard InChI is InChI=1S/C8H8FNO4S/c1-15(13,14)4-2-5(8(11)12)7(9)6(10)3-4/h2-3H,10H2,1H3,(H,11,12). The Kier molecular flexibility index (Phi) is 2.67. The van der Waals surface area contributed by atoms with E-state index in [1.54, 1.807) is 0 Å². The van der Waals surface area contributed by atoms with E-state index in [2.05, 4.69) is 0 Å². The molecule has 0 aliphatic heterocycles. The van der Waals surface area contributed by atoms with Crippen molar-refractivity contribution < 1.29 is 22.7 Å². The Balaban J connectivity index is 3.57. The average molecular weight is 233 g/mol. The Bertz CT molecular complexity index is 524. The summed E-state index contributed by atoms with van der Waals surface area (Å²) in [5.41, 5.74) is 3.89. The quantitative estimate of drug-likeness (QED) is 0.573. The number of carboxylic acid groups (broad SMARTS) is 1. The van der Waals surface area contributed by atoms with Crippen LogP contribution in [0.5, 0.6) is 0 Å². The summed E-state index contributed by atoms with van der Waals surface area (Å²) in [5, 5.41) is 8.59. The van der Waals surface area contributed by atoms with Crippen LogP contribution in [0.25, 0.3) is 0 Å². The lowest BCUT2D eigenvalue weighted by atomic mass is 10.2. The van der Waals surface area contributed by atoms with Crippen LogP contribution in [0.1, 0.15) is 10.4 Å². The fourth-order valence-corrected chi connectivity index (χ4v) is 1.66. The molecule has 0 heterocycles. The molecule has 0 atom stereocenters. The SMILES string of the molecule is CS(=O)(=O)c1cc(N)c(F)c(C(=O)O)c1. The lowest BCUT2D eigenvalue weighted by molar-refractivity contribution is 0.0691. The van der Waals surface area contributed by atoms with Gasteiger partial charge in [0.2, 0.25) is 0 Å². The van der Waals surface area contributed by atoms with Crippen molar-refractivity contribution in [3.8, 4) is 0 Å². The predicted molar refractivity (Wildman–Crippen MR) is 50.9 cm³/mol. The van der Waals surface area contributed by atoms with E-state index in [1.165, 1.54) is 0 Å². The fraction of sp³-hybridized carbons (Fsp3) is 0.125. The molecule has 0 amide bonds. The van der Waals surface area contributed by atoms with Gasteiger partial charge in [-0.2, -0.15) is 0 Å². The van der Waals surface area contributed by atoms with Crippen LogP contribution in [0.3, 0.4) is 0 Å². The van der Waals surface area contributed by atoms with E-state index >= 15 is 0 Å². The maximum atomic E-state index is 13.1. The molecule has 0 aromatic heterocycles. The average Bonchev–Trinajstić information content (AvgIpc) is 2.06. The highest BCUT2D eigenvalue weighted by atomic mass is 32.2. The van der Waals surface area contributed by atoms with Gasteiger partial charge in [0.15, 0.2) is 15.7 Å². The zero-order valence-electron chi connectivity index (χ0n) is 7.69. The first-order valence-corrected chi connectivity index (χ1v) is 5.65. The molecule has 3 N–H and O–H groups in total. The molecule has 7 heteroatoms. The first kappa shape index (κ1) is 11.4. The van der Waals surface area contributed by atoms with Gasteiger partial charge in [-0.25, -0.2) is 17.6 Å². The zero-order chi connectivity index (χ0) is 11.8. The van der Waals surface area contributed by atoms with Crippen molar-refractivity contribution in [3.05, 3.63) is 23.5 Å². The second kappa shape index (κ2) is 3.50. The number of anilines is 1. The van der Waals surface area contributed by atoms with Gasteiger partial charge in [-0.15, -0.1) is 0 Å². The number of nitrogen functional groups attached to an aromatic ring is 1. The monoisotopic (exact) mass is 233 g/mol. The number of carboxylic acids is 1. The number of halogens is 1. The van der Waals surface area contributed by atoms with Crippen LogP contribution >= 0.6 is 0 Å². The van der Waals surface area contributed by atoms with Crippen molar-refractivity contribution in [2.75, 3.05) is 12.0 Å². The smallest absolute Gasteiger partial charge is 0.338 e. The summed E-state index contributed by atoms with van der Waals surface area (Å²) in [6, 6.07) is 1.63. The largest absolute Gasteiger partial charge is 0.478 e. The number of benzene rings is 1. The van der Waals surface area contributed by atoms with Crippen molar-refractivity contribution in [1.29, 1.82) is 0 Å². The number of sulfone groups is 1. The number of aromatic carboxylic acids is 1. The van der Waals surface area contributed by atoms with Gasteiger partial charge in [0.25, 0.3) is 0 Å². The molecule has 1 rings (SSSR count). The van der Waals surface area contributed by atoms with E-state index in [1.807, 2.05) is 0 Å². The fourth-order valence-electron chi connectivity index (χ4n) is 0.989. The summed E-state index contributed by atoms with van der Waals surface area (Å²) >= 11 is 0. The molecule has 1 aromatic carbocycles.